The molecule has 0 spiro atoms. The van der Waals surface area contributed by atoms with Crippen molar-refractivity contribution in [2.75, 3.05) is 61.0 Å². The maximum atomic E-state index is 11.3. The first-order chi connectivity index (χ1) is 14.6. The Hall–Kier alpha value is -0.770. The zero-order valence-corrected chi connectivity index (χ0v) is 19.5. The van der Waals surface area contributed by atoms with Gasteiger partial charge in [-0.1, -0.05) is 45.4 Å². The SMILES string of the molecule is CCCCCCCCC(CCC(=O)O)C(OCCOC)(OCCOC)OCCOC. The molecule has 0 aliphatic rings. The van der Waals surface area contributed by atoms with E-state index in [1.54, 1.807) is 21.3 Å². The number of unbranched alkanes of at least 4 members (excludes halogenated alkanes) is 5. The third-order valence-electron chi connectivity index (χ3n) is 4.88. The monoisotopic (exact) mass is 436 g/mol. The average molecular weight is 437 g/mol. The average Bonchev–Trinajstić information content (AvgIpc) is 2.72. The van der Waals surface area contributed by atoms with Crippen molar-refractivity contribution >= 4 is 5.97 Å². The summed E-state index contributed by atoms with van der Waals surface area (Å²) in [6, 6.07) is 0. The van der Waals surface area contributed by atoms with E-state index in [4.69, 9.17) is 28.4 Å². The Kier molecular flexibility index (Phi) is 19.6. The molecule has 0 aromatic heterocycles. The van der Waals surface area contributed by atoms with E-state index in [1.165, 1.54) is 25.7 Å². The Morgan fingerprint density at radius 1 is 0.733 bits per heavy atom. The van der Waals surface area contributed by atoms with Crippen LogP contribution in [0.2, 0.25) is 0 Å². The number of hydrogen-bond acceptors (Lipinski definition) is 7. The summed E-state index contributed by atoms with van der Waals surface area (Å²) in [6.45, 7) is 4.16. The molecule has 0 aromatic carbocycles. The van der Waals surface area contributed by atoms with E-state index >= 15 is 0 Å². The van der Waals surface area contributed by atoms with Crippen LogP contribution in [0.25, 0.3) is 0 Å². The van der Waals surface area contributed by atoms with Crippen molar-refractivity contribution in [2.24, 2.45) is 5.92 Å². The fraction of sp³-hybridized carbons (Fsp3) is 0.955. The molecule has 0 aliphatic carbocycles. The molecule has 0 amide bonds. The number of carbonyl (C=O) groups is 1. The fourth-order valence-corrected chi connectivity index (χ4v) is 3.25. The van der Waals surface area contributed by atoms with E-state index < -0.39 is 11.9 Å². The van der Waals surface area contributed by atoms with Gasteiger partial charge in [0, 0.05) is 33.7 Å². The number of ether oxygens (including phenoxy) is 6. The number of carboxylic acid groups (broad SMARTS) is 1. The second kappa shape index (κ2) is 20.2. The molecule has 0 bridgehead atoms. The van der Waals surface area contributed by atoms with Gasteiger partial charge in [-0.25, -0.2) is 0 Å². The molecule has 0 saturated carbocycles. The van der Waals surface area contributed by atoms with E-state index in [0.29, 0.717) is 26.2 Å². The van der Waals surface area contributed by atoms with Gasteiger partial charge in [0.1, 0.15) is 0 Å². The minimum atomic E-state index is -1.35. The van der Waals surface area contributed by atoms with Crippen molar-refractivity contribution in [2.45, 2.75) is 70.7 Å². The van der Waals surface area contributed by atoms with Crippen LogP contribution in [0.15, 0.2) is 0 Å². The number of aliphatic carboxylic acids is 1. The third-order valence-corrected chi connectivity index (χ3v) is 4.88. The lowest BCUT2D eigenvalue weighted by Crippen LogP contribution is -2.48. The predicted molar refractivity (Wildman–Crippen MR) is 115 cm³/mol. The molecule has 1 N–H and O–H groups in total. The Morgan fingerprint density at radius 3 is 1.63 bits per heavy atom. The fourth-order valence-electron chi connectivity index (χ4n) is 3.25. The van der Waals surface area contributed by atoms with Crippen molar-refractivity contribution in [3.8, 4) is 0 Å². The lowest BCUT2D eigenvalue weighted by atomic mass is 9.92. The summed E-state index contributed by atoms with van der Waals surface area (Å²) in [7, 11) is 4.79. The summed E-state index contributed by atoms with van der Waals surface area (Å²) < 4.78 is 33.6. The van der Waals surface area contributed by atoms with Crippen LogP contribution in [-0.4, -0.2) is 78.0 Å². The highest BCUT2D eigenvalue weighted by Gasteiger charge is 2.42. The lowest BCUT2D eigenvalue weighted by Gasteiger charge is -2.39. The number of hydrogen-bond donors (Lipinski definition) is 1. The molecular weight excluding hydrogens is 392 g/mol. The molecule has 1 atom stereocenters. The van der Waals surface area contributed by atoms with Crippen LogP contribution >= 0.6 is 0 Å². The molecule has 0 heterocycles. The van der Waals surface area contributed by atoms with Crippen LogP contribution in [0.4, 0.5) is 0 Å². The molecule has 0 saturated heterocycles. The highest BCUT2D eigenvalue weighted by molar-refractivity contribution is 5.66. The van der Waals surface area contributed by atoms with Crippen molar-refractivity contribution in [3.05, 3.63) is 0 Å². The number of carboxylic acids is 1. The molecule has 8 nitrogen and oxygen atoms in total. The lowest BCUT2D eigenvalue weighted by molar-refractivity contribution is -0.410. The molecule has 0 fully saturated rings. The zero-order valence-electron chi connectivity index (χ0n) is 19.5. The standard InChI is InChI=1S/C22H44O8/c1-5-6-7-8-9-10-11-20(12-13-21(23)24)22(28-17-14-25-2,29-18-15-26-3)30-19-16-27-4/h20H,5-19H2,1-4H3,(H,23,24). The Labute approximate surface area is 182 Å². The van der Waals surface area contributed by atoms with E-state index in [-0.39, 0.29) is 32.2 Å². The van der Waals surface area contributed by atoms with E-state index in [2.05, 4.69) is 6.92 Å². The second-order valence-electron chi connectivity index (χ2n) is 7.31. The van der Waals surface area contributed by atoms with Crippen molar-refractivity contribution in [3.63, 3.8) is 0 Å². The summed E-state index contributed by atoms with van der Waals surface area (Å²) in [5, 5.41) is 9.26. The van der Waals surface area contributed by atoms with Gasteiger partial charge in [-0.3, -0.25) is 4.79 Å². The maximum absolute atomic E-state index is 11.3. The highest BCUT2D eigenvalue weighted by Crippen LogP contribution is 2.34. The molecular formula is C22H44O8. The highest BCUT2D eigenvalue weighted by atomic mass is 16.9. The molecule has 0 rings (SSSR count). The molecule has 0 aliphatic heterocycles. The van der Waals surface area contributed by atoms with Gasteiger partial charge in [0.15, 0.2) is 0 Å². The Balaban J connectivity index is 5.33. The molecule has 8 heteroatoms. The summed E-state index contributed by atoms with van der Waals surface area (Å²) in [5.41, 5.74) is 0. The van der Waals surface area contributed by atoms with Crippen LogP contribution in [0.3, 0.4) is 0 Å². The summed E-state index contributed by atoms with van der Waals surface area (Å²) >= 11 is 0. The largest absolute Gasteiger partial charge is 0.481 e. The molecule has 0 aromatic rings. The summed E-state index contributed by atoms with van der Waals surface area (Å²) in [5.74, 6) is -2.43. The Morgan fingerprint density at radius 2 is 1.20 bits per heavy atom. The van der Waals surface area contributed by atoms with Crippen molar-refractivity contribution in [1.29, 1.82) is 0 Å². The van der Waals surface area contributed by atoms with Crippen molar-refractivity contribution < 1.29 is 38.3 Å². The first kappa shape index (κ1) is 29.2. The van der Waals surface area contributed by atoms with Crippen LogP contribution < -0.4 is 0 Å². The van der Waals surface area contributed by atoms with Gasteiger partial charge in [0.2, 0.25) is 0 Å². The number of methoxy groups -OCH3 is 3. The normalized spacial score (nSPS) is 12.9. The smallest absolute Gasteiger partial charge is 0.303 e. The second-order valence-corrected chi connectivity index (χ2v) is 7.31. The third kappa shape index (κ3) is 14.3. The molecule has 180 valence electrons. The first-order valence-corrected chi connectivity index (χ1v) is 11.2. The van der Waals surface area contributed by atoms with Crippen molar-refractivity contribution in [1.82, 2.24) is 0 Å². The van der Waals surface area contributed by atoms with Gasteiger partial charge in [-0.15, -0.1) is 0 Å². The van der Waals surface area contributed by atoms with E-state index in [1.807, 2.05) is 0 Å². The van der Waals surface area contributed by atoms with Gasteiger partial charge in [-0.2, -0.15) is 0 Å². The topological polar surface area (TPSA) is 92.7 Å². The predicted octanol–water partition coefficient (Wildman–Crippen LogP) is 3.86. The van der Waals surface area contributed by atoms with E-state index in [0.717, 1.165) is 19.3 Å². The zero-order chi connectivity index (χ0) is 22.5. The van der Waals surface area contributed by atoms with Crippen LogP contribution in [0.5, 0.6) is 0 Å². The summed E-state index contributed by atoms with van der Waals surface area (Å²) in [6.07, 6.45) is 8.08. The first-order valence-electron chi connectivity index (χ1n) is 11.2. The van der Waals surface area contributed by atoms with Gasteiger partial charge in [-0.05, 0) is 12.8 Å². The van der Waals surface area contributed by atoms with Gasteiger partial charge in [0.25, 0.3) is 5.97 Å². The van der Waals surface area contributed by atoms with Crippen LogP contribution in [0, 0.1) is 5.92 Å². The van der Waals surface area contributed by atoms with Crippen LogP contribution in [0.1, 0.15) is 64.7 Å². The molecule has 0 radical (unpaired) electrons. The van der Waals surface area contributed by atoms with Gasteiger partial charge >= 0.3 is 5.97 Å². The quantitative estimate of drug-likeness (QED) is 0.191. The molecule has 30 heavy (non-hydrogen) atoms. The molecule has 1 unspecified atom stereocenters. The Bertz CT molecular complexity index is 365. The van der Waals surface area contributed by atoms with E-state index in [9.17, 15) is 9.90 Å². The minimum absolute atomic E-state index is 0.0250. The van der Waals surface area contributed by atoms with Crippen LogP contribution in [-0.2, 0) is 33.2 Å². The number of rotatable bonds is 23. The van der Waals surface area contributed by atoms with Gasteiger partial charge in [0.05, 0.1) is 39.6 Å². The van der Waals surface area contributed by atoms with Gasteiger partial charge < -0.3 is 33.5 Å². The minimum Gasteiger partial charge on any atom is -0.481 e. The maximum Gasteiger partial charge on any atom is 0.303 e. The summed E-state index contributed by atoms with van der Waals surface area (Å²) in [4.78, 5) is 11.3.